The number of ether oxygens (including phenoxy) is 1. The molecule has 0 aromatic heterocycles. The fraction of sp³-hybridized carbons (Fsp3) is 0.846. The van der Waals surface area contributed by atoms with Gasteiger partial charge in [0.25, 0.3) is 0 Å². The molecule has 2 nitrogen and oxygen atoms in total. The normalized spacial score (nSPS) is 12.7. The van der Waals surface area contributed by atoms with Crippen LogP contribution in [0.25, 0.3) is 0 Å². The fourth-order valence-corrected chi connectivity index (χ4v) is 1.50. The number of rotatable bonds is 10. The van der Waals surface area contributed by atoms with Gasteiger partial charge in [-0.15, -0.1) is 0 Å². The van der Waals surface area contributed by atoms with Crippen molar-refractivity contribution in [2.45, 2.75) is 52.1 Å². The van der Waals surface area contributed by atoms with E-state index < -0.39 is 0 Å². The maximum Gasteiger partial charge on any atom is 0.0690 e. The zero-order chi connectivity index (χ0) is 11.5. The van der Waals surface area contributed by atoms with Crippen LogP contribution >= 0.6 is 0 Å². The Morgan fingerprint density at radius 2 is 2.07 bits per heavy atom. The molecule has 0 saturated carbocycles. The van der Waals surface area contributed by atoms with Crippen LogP contribution in [0, 0.1) is 0 Å². The molecule has 0 rings (SSSR count). The molecule has 1 atom stereocenters. The minimum absolute atomic E-state index is 0.371. The molecule has 0 aliphatic rings. The van der Waals surface area contributed by atoms with E-state index in [0.29, 0.717) is 12.7 Å². The number of hydrogen-bond acceptors (Lipinski definition) is 2. The molecule has 0 radical (unpaired) electrons. The smallest absolute Gasteiger partial charge is 0.0690 e. The van der Waals surface area contributed by atoms with Crippen molar-refractivity contribution in [2.75, 3.05) is 20.2 Å². The first-order chi connectivity index (χ1) is 7.20. The van der Waals surface area contributed by atoms with Crippen molar-refractivity contribution >= 4 is 0 Å². The quantitative estimate of drug-likeness (QED) is 0.444. The van der Waals surface area contributed by atoms with Gasteiger partial charge in [-0.2, -0.15) is 0 Å². The van der Waals surface area contributed by atoms with Crippen molar-refractivity contribution in [3.63, 3.8) is 0 Å². The Morgan fingerprint density at radius 1 is 1.33 bits per heavy atom. The maximum atomic E-state index is 5.70. The number of likely N-dealkylation sites (N-methyl/N-ethyl adjacent to an activating group) is 1. The summed E-state index contributed by atoms with van der Waals surface area (Å²) in [7, 11) is 1.93. The highest BCUT2D eigenvalue weighted by atomic mass is 16.5. The molecule has 0 saturated heterocycles. The van der Waals surface area contributed by atoms with Crippen LogP contribution in [0.1, 0.15) is 46.0 Å². The van der Waals surface area contributed by atoms with E-state index in [9.17, 15) is 0 Å². The number of nitrogens with one attached hydrogen (secondary N) is 1. The average molecular weight is 213 g/mol. The third kappa shape index (κ3) is 9.95. The van der Waals surface area contributed by atoms with Gasteiger partial charge in [0.1, 0.15) is 0 Å². The summed E-state index contributed by atoms with van der Waals surface area (Å²) >= 11 is 0. The minimum Gasteiger partial charge on any atom is -0.374 e. The van der Waals surface area contributed by atoms with Gasteiger partial charge >= 0.3 is 0 Å². The summed E-state index contributed by atoms with van der Waals surface area (Å²) in [4.78, 5) is 0. The van der Waals surface area contributed by atoms with E-state index in [-0.39, 0.29) is 0 Å². The van der Waals surface area contributed by atoms with Gasteiger partial charge in [0.15, 0.2) is 0 Å². The second kappa shape index (κ2) is 10.2. The zero-order valence-electron chi connectivity index (χ0n) is 10.6. The molecule has 0 aromatic rings. The van der Waals surface area contributed by atoms with Gasteiger partial charge in [-0.05, 0) is 26.0 Å². The molecule has 1 unspecified atom stereocenters. The Bertz CT molecular complexity index is 157. The van der Waals surface area contributed by atoms with Crippen LogP contribution in [0.15, 0.2) is 12.2 Å². The average Bonchev–Trinajstić information content (AvgIpc) is 2.22. The lowest BCUT2D eigenvalue weighted by molar-refractivity contribution is 0.0745. The van der Waals surface area contributed by atoms with E-state index in [2.05, 4.69) is 25.7 Å². The van der Waals surface area contributed by atoms with Gasteiger partial charge < -0.3 is 10.1 Å². The monoisotopic (exact) mass is 213 g/mol. The van der Waals surface area contributed by atoms with E-state index in [1.54, 1.807) is 0 Å². The van der Waals surface area contributed by atoms with E-state index in [4.69, 9.17) is 4.74 Å². The van der Waals surface area contributed by atoms with Crippen LogP contribution in [0.4, 0.5) is 0 Å². The van der Waals surface area contributed by atoms with Gasteiger partial charge in [0, 0.05) is 6.54 Å². The largest absolute Gasteiger partial charge is 0.374 e. The SMILES string of the molecule is C=C(CNC)COC(C)CCCCCC. The van der Waals surface area contributed by atoms with Gasteiger partial charge in [-0.25, -0.2) is 0 Å². The third-order valence-electron chi connectivity index (χ3n) is 2.46. The first kappa shape index (κ1) is 14.7. The van der Waals surface area contributed by atoms with Crippen LogP contribution < -0.4 is 5.32 Å². The molecule has 15 heavy (non-hydrogen) atoms. The molecule has 0 aromatic carbocycles. The summed E-state index contributed by atoms with van der Waals surface area (Å²) in [6, 6.07) is 0. The molecular weight excluding hydrogens is 186 g/mol. The van der Waals surface area contributed by atoms with E-state index >= 15 is 0 Å². The maximum absolute atomic E-state index is 5.70. The Labute approximate surface area is 95.1 Å². The molecule has 0 aliphatic heterocycles. The molecule has 90 valence electrons. The first-order valence-corrected chi connectivity index (χ1v) is 6.13. The van der Waals surface area contributed by atoms with E-state index in [0.717, 1.165) is 12.1 Å². The summed E-state index contributed by atoms with van der Waals surface area (Å²) in [5, 5.41) is 3.07. The lowest BCUT2D eigenvalue weighted by Crippen LogP contribution is -2.16. The second-order valence-electron chi connectivity index (χ2n) is 4.25. The van der Waals surface area contributed by atoms with Gasteiger partial charge in [0.05, 0.1) is 12.7 Å². The fourth-order valence-electron chi connectivity index (χ4n) is 1.50. The predicted octanol–water partition coefficient (Wildman–Crippen LogP) is 3.14. The molecule has 0 aliphatic carbocycles. The van der Waals surface area contributed by atoms with E-state index in [1.165, 1.54) is 32.1 Å². The lowest BCUT2D eigenvalue weighted by Gasteiger charge is -2.14. The highest BCUT2D eigenvalue weighted by molar-refractivity contribution is 4.96. The number of unbranched alkanes of at least 4 members (excludes halogenated alkanes) is 3. The lowest BCUT2D eigenvalue weighted by atomic mass is 10.1. The second-order valence-corrected chi connectivity index (χ2v) is 4.25. The predicted molar refractivity (Wildman–Crippen MR) is 67.2 cm³/mol. The molecule has 0 heterocycles. The van der Waals surface area contributed by atoms with Gasteiger partial charge in [-0.1, -0.05) is 39.2 Å². The molecule has 2 heteroatoms. The number of hydrogen-bond donors (Lipinski definition) is 1. The standard InChI is InChI=1S/C13H27NO/c1-5-6-7-8-9-13(3)15-11-12(2)10-14-4/h13-14H,2,5-11H2,1,3-4H3. The zero-order valence-corrected chi connectivity index (χ0v) is 10.6. The van der Waals surface area contributed by atoms with Crippen LogP contribution in [0.5, 0.6) is 0 Å². The summed E-state index contributed by atoms with van der Waals surface area (Å²) in [5.74, 6) is 0. The van der Waals surface area contributed by atoms with E-state index in [1.807, 2.05) is 7.05 Å². The van der Waals surface area contributed by atoms with Crippen molar-refractivity contribution in [1.82, 2.24) is 5.32 Å². The van der Waals surface area contributed by atoms with Crippen LogP contribution in [-0.4, -0.2) is 26.3 Å². The Kier molecular flexibility index (Phi) is 9.96. The third-order valence-corrected chi connectivity index (χ3v) is 2.46. The van der Waals surface area contributed by atoms with Crippen molar-refractivity contribution < 1.29 is 4.74 Å². The highest BCUT2D eigenvalue weighted by Crippen LogP contribution is 2.08. The van der Waals surface area contributed by atoms with Crippen molar-refractivity contribution in [1.29, 1.82) is 0 Å². The summed E-state index contributed by atoms with van der Waals surface area (Å²) in [6.07, 6.45) is 6.81. The topological polar surface area (TPSA) is 21.3 Å². The molecule has 0 bridgehead atoms. The van der Waals surface area contributed by atoms with Gasteiger partial charge in [-0.3, -0.25) is 0 Å². The summed E-state index contributed by atoms with van der Waals surface area (Å²) in [5.41, 5.74) is 1.12. The summed E-state index contributed by atoms with van der Waals surface area (Å²) in [6.45, 7) is 9.87. The van der Waals surface area contributed by atoms with Crippen LogP contribution in [0.3, 0.4) is 0 Å². The molecule has 0 amide bonds. The molecular formula is C13H27NO. The van der Waals surface area contributed by atoms with Gasteiger partial charge in [0.2, 0.25) is 0 Å². The Morgan fingerprint density at radius 3 is 2.67 bits per heavy atom. The molecule has 0 spiro atoms. The van der Waals surface area contributed by atoms with Crippen LogP contribution in [-0.2, 0) is 4.74 Å². The minimum atomic E-state index is 0.371. The van der Waals surface area contributed by atoms with Crippen molar-refractivity contribution in [2.24, 2.45) is 0 Å². The van der Waals surface area contributed by atoms with Crippen LogP contribution in [0.2, 0.25) is 0 Å². The highest BCUT2D eigenvalue weighted by Gasteiger charge is 2.02. The summed E-state index contributed by atoms with van der Waals surface area (Å²) < 4.78 is 5.70. The Hall–Kier alpha value is -0.340. The molecule has 0 fully saturated rings. The van der Waals surface area contributed by atoms with Crippen molar-refractivity contribution in [3.8, 4) is 0 Å². The molecule has 1 N–H and O–H groups in total. The Balaban J connectivity index is 3.32. The first-order valence-electron chi connectivity index (χ1n) is 6.13. The van der Waals surface area contributed by atoms with Crippen molar-refractivity contribution in [3.05, 3.63) is 12.2 Å².